The lowest BCUT2D eigenvalue weighted by Gasteiger charge is -2.34. The fraction of sp³-hybridized carbons (Fsp3) is 0.650. The van der Waals surface area contributed by atoms with Gasteiger partial charge in [0.2, 0.25) is 0 Å². The Morgan fingerprint density at radius 1 is 1.17 bits per heavy atom. The number of amides is 1. The minimum Gasteiger partial charge on any atom is -0.465 e. The molecule has 4 nitrogen and oxygen atoms in total. The zero-order valence-electron chi connectivity index (χ0n) is 15.0. The predicted octanol–water partition coefficient (Wildman–Crippen LogP) is 3.98. The van der Waals surface area contributed by atoms with Crippen molar-refractivity contribution in [1.82, 2.24) is 4.90 Å². The molecule has 3 heterocycles. The second-order valence-corrected chi connectivity index (χ2v) is 8.60. The van der Waals surface area contributed by atoms with E-state index in [2.05, 4.69) is 37.8 Å². The Bertz CT molecular complexity index is 677. The third kappa shape index (κ3) is 2.30. The van der Waals surface area contributed by atoms with Crippen LogP contribution in [-0.4, -0.2) is 41.8 Å². The van der Waals surface area contributed by atoms with E-state index < -0.39 is 6.09 Å². The quantitative estimate of drug-likeness (QED) is 0.783. The van der Waals surface area contributed by atoms with Gasteiger partial charge < -0.3 is 14.9 Å². The second kappa shape index (κ2) is 5.40. The van der Waals surface area contributed by atoms with E-state index in [1.807, 2.05) is 0 Å². The highest BCUT2D eigenvalue weighted by molar-refractivity contribution is 5.71. The third-order valence-electron chi connectivity index (χ3n) is 6.15. The minimum atomic E-state index is -0.765. The lowest BCUT2D eigenvalue weighted by Crippen LogP contribution is -2.38. The van der Waals surface area contributed by atoms with E-state index in [0.717, 1.165) is 19.4 Å². The van der Waals surface area contributed by atoms with Crippen molar-refractivity contribution in [2.45, 2.75) is 63.8 Å². The first-order valence-corrected chi connectivity index (χ1v) is 9.28. The zero-order valence-corrected chi connectivity index (χ0v) is 15.0. The van der Waals surface area contributed by atoms with Crippen molar-refractivity contribution >= 4 is 11.8 Å². The van der Waals surface area contributed by atoms with Gasteiger partial charge in [-0.3, -0.25) is 0 Å². The third-order valence-corrected chi connectivity index (χ3v) is 6.15. The molecule has 3 aliphatic heterocycles. The molecule has 0 aromatic heterocycles. The van der Waals surface area contributed by atoms with Crippen LogP contribution < -0.4 is 4.90 Å². The molecule has 4 rings (SSSR count). The van der Waals surface area contributed by atoms with E-state index in [0.29, 0.717) is 25.0 Å². The molecule has 130 valence electrons. The molecule has 0 spiro atoms. The summed E-state index contributed by atoms with van der Waals surface area (Å²) in [4.78, 5) is 15.7. The number of hydrogen-bond donors (Lipinski definition) is 1. The van der Waals surface area contributed by atoms with E-state index in [4.69, 9.17) is 0 Å². The summed E-state index contributed by atoms with van der Waals surface area (Å²) in [5, 5.41) is 9.40. The van der Waals surface area contributed by atoms with E-state index in [9.17, 15) is 9.90 Å². The van der Waals surface area contributed by atoms with Crippen molar-refractivity contribution in [2.75, 3.05) is 24.5 Å². The summed E-state index contributed by atoms with van der Waals surface area (Å²) in [7, 11) is 0. The number of rotatable bonds is 0. The molecule has 0 bridgehead atoms. The average molecular weight is 328 g/mol. The summed E-state index contributed by atoms with van der Waals surface area (Å²) in [6.45, 7) is 9.35. The van der Waals surface area contributed by atoms with Gasteiger partial charge in [0.25, 0.3) is 0 Å². The first kappa shape index (κ1) is 15.8. The van der Waals surface area contributed by atoms with E-state index in [1.165, 1.54) is 35.2 Å². The summed E-state index contributed by atoms with van der Waals surface area (Å²) in [5.74, 6) is 0.483. The summed E-state index contributed by atoms with van der Waals surface area (Å²) in [6, 6.07) is 5.17. The molecule has 1 N–H and O–H groups in total. The number of hydrogen-bond acceptors (Lipinski definition) is 2. The van der Waals surface area contributed by atoms with Gasteiger partial charge in [0.05, 0.1) is 0 Å². The molecule has 0 radical (unpaired) electrons. The molecule has 1 saturated heterocycles. The fourth-order valence-electron chi connectivity index (χ4n) is 5.10. The smallest absolute Gasteiger partial charge is 0.407 e. The van der Waals surface area contributed by atoms with Crippen molar-refractivity contribution < 1.29 is 9.90 Å². The molecule has 4 heteroatoms. The van der Waals surface area contributed by atoms with Crippen molar-refractivity contribution in [2.24, 2.45) is 0 Å². The highest BCUT2D eigenvalue weighted by Crippen LogP contribution is 2.52. The molecule has 1 aromatic rings. The number of carbonyl (C=O) groups is 1. The molecule has 24 heavy (non-hydrogen) atoms. The molecular formula is C20H28N2O2. The molecule has 2 atom stereocenters. The Balaban J connectivity index is 1.82. The fourth-order valence-corrected chi connectivity index (χ4v) is 5.10. The Labute approximate surface area is 144 Å². The Morgan fingerprint density at radius 3 is 2.62 bits per heavy atom. The van der Waals surface area contributed by atoms with Gasteiger partial charge in [-0.1, -0.05) is 32.9 Å². The number of fused-ring (bicyclic) bond motifs is 3. The monoisotopic (exact) mass is 328 g/mol. The zero-order chi connectivity index (χ0) is 17.1. The number of aryl methyl sites for hydroxylation is 1. The van der Waals surface area contributed by atoms with Crippen LogP contribution in [0.15, 0.2) is 12.1 Å². The lowest BCUT2D eigenvalue weighted by molar-refractivity contribution is 0.146. The second-order valence-electron chi connectivity index (χ2n) is 8.60. The van der Waals surface area contributed by atoms with Gasteiger partial charge >= 0.3 is 6.09 Å². The highest BCUT2D eigenvalue weighted by atomic mass is 16.4. The molecule has 1 amide bonds. The van der Waals surface area contributed by atoms with Gasteiger partial charge in [0.1, 0.15) is 0 Å². The van der Waals surface area contributed by atoms with Gasteiger partial charge in [-0.25, -0.2) is 4.79 Å². The van der Waals surface area contributed by atoms with Crippen LogP contribution in [-0.2, 0) is 11.8 Å². The Hall–Kier alpha value is -1.71. The van der Waals surface area contributed by atoms with E-state index in [1.54, 1.807) is 4.90 Å². The number of likely N-dealkylation sites (tertiary alicyclic amines) is 1. The van der Waals surface area contributed by atoms with Gasteiger partial charge in [0.15, 0.2) is 0 Å². The van der Waals surface area contributed by atoms with Gasteiger partial charge in [-0.05, 0) is 47.8 Å². The molecule has 2 unspecified atom stereocenters. The largest absolute Gasteiger partial charge is 0.465 e. The van der Waals surface area contributed by atoms with Gasteiger partial charge in [0, 0.05) is 37.3 Å². The first-order valence-electron chi connectivity index (χ1n) is 9.28. The van der Waals surface area contributed by atoms with Crippen molar-refractivity contribution in [1.29, 1.82) is 0 Å². The SMILES string of the molecule is CC(C)(C)c1ccc2c3c1C1CCN(C(=O)O)CCC1N3CCC2. The summed E-state index contributed by atoms with van der Waals surface area (Å²) in [5.41, 5.74) is 6.14. The summed E-state index contributed by atoms with van der Waals surface area (Å²) >= 11 is 0. The molecule has 3 aliphatic rings. The van der Waals surface area contributed by atoms with Crippen molar-refractivity contribution in [3.8, 4) is 0 Å². The van der Waals surface area contributed by atoms with Crippen LogP contribution in [0.3, 0.4) is 0 Å². The number of carboxylic acid groups (broad SMARTS) is 1. The lowest BCUT2D eigenvalue weighted by atomic mass is 9.77. The maximum atomic E-state index is 11.4. The molecule has 1 aromatic carbocycles. The number of nitrogens with zero attached hydrogens (tertiary/aromatic N) is 2. The van der Waals surface area contributed by atoms with Crippen LogP contribution >= 0.6 is 0 Å². The Morgan fingerprint density at radius 2 is 1.92 bits per heavy atom. The molecular weight excluding hydrogens is 300 g/mol. The predicted molar refractivity (Wildman–Crippen MR) is 96.2 cm³/mol. The van der Waals surface area contributed by atoms with Gasteiger partial charge in [-0.15, -0.1) is 0 Å². The average Bonchev–Trinajstić information content (AvgIpc) is 2.69. The number of benzene rings is 1. The molecule has 1 fully saturated rings. The standard InChI is InChI=1S/C20H28N2O2/c1-20(2,3)15-7-6-13-5-4-10-22-16-9-12-21(19(23)24)11-8-14(16)17(15)18(13)22/h6-7,14,16H,4-5,8-12H2,1-3H3,(H,23,24). The molecule has 0 saturated carbocycles. The van der Waals surface area contributed by atoms with Crippen molar-refractivity contribution in [3.05, 3.63) is 28.8 Å². The summed E-state index contributed by atoms with van der Waals surface area (Å²) < 4.78 is 0. The van der Waals surface area contributed by atoms with Crippen LogP contribution in [0.5, 0.6) is 0 Å². The van der Waals surface area contributed by atoms with E-state index >= 15 is 0 Å². The van der Waals surface area contributed by atoms with Crippen LogP contribution in [0.1, 0.15) is 62.6 Å². The summed E-state index contributed by atoms with van der Waals surface area (Å²) in [6.07, 6.45) is 3.54. The topological polar surface area (TPSA) is 43.8 Å². The Kier molecular flexibility index (Phi) is 3.55. The minimum absolute atomic E-state index is 0.126. The van der Waals surface area contributed by atoms with Crippen LogP contribution in [0.2, 0.25) is 0 Å². The van der Waals surface area contributed by atoms with Gasteiger partial charge in [-0.2, -0.15) is 0 Å². The van der Waals surface area contributed by atoms with E-state index in [-0.39, 0.29) is 5.41 Å². The number of anilines is 1. The maximum absolute atomic E-state index is 11.4. The normalized spacial score (nSPS) is 26.0. The van der Waals surface area contributed by atoms with Crippen molar-refractivity contribution in [3.63, 3.8) is 0 Å². The van der Waals surface area contributed by atoms with Crippen LogP contribution in [0, 0.1) is 0 Å². The van der Waals surface area contributed by atoms with Crippen LogP contribution in [0.4, 0.5) is 10.5 Å². The molecule has 0 aliphatic carbocycles. The highest BCUT2D eigenvalue weighted by Gasteiger charge is 2.44. The maximum Gasteiger partial charge on any atom is 0.407 e. The first-order chi connectivity index (χ1) is 11.4. The van der Waals surface area contributed by atoms with Crippen LogP contribution in [0.25, 0.3) is 0 Å².